The Morgan fingerprint density at radius 2 is 2.05 bits per heavy atom. The predicted molar refractivity (Wildman–Crippen MR) is 71.6 cm³/mol. The summed E-state index contributed by atoms with van der Waals surface area (Å²) in [5.74, 6) is 0.502. The van der Waals surface area contributed by atoms with Gasteiger partial charge in [-0.2, -0.15) is 0 Å². The third kappa shape index (κ3) is 2.36. The Morgan fingerprint density at radius 1 is 1.26 bits per heavy atom. The van der Waals surface area contributed by atoms with Crippen molar-refractivity contribution in [1.29, 1.82) is 0 Å². The minimum Gasteiger partial charge on any atom is -0.384 e. The van der Waals surface area contributed by atoms with Crippen molar-refractivity contribution in [2.24, 2.45) is 0 Å². The van der Waals surface area contributed by atoms with Gasteiger partial charge in [-0.3, -0.25) is 4.98 Å². The third-order valence-electron chi connectivity index (χ3n) is 3.69. The van der Waals surface area contributed by atoms with E-state index in [1.54, 1.807) is 18.6 Å². The van der Waals surface area contributed by atoms with Crippen molar-refractivity contribution in [3.8, 4) is 0 Å². The second kappa shape index (κ2) is 5.05. The van der Waals surface area contributed by atoms with Crippen molar-refractivity contribution in [1.82, 2.24) is 15.0 Å². The Morgan fingerprint density at radius 3 is 2.84 bits per heavy atom. The van der Waals surface area contributed by atoms with Gasteiger partial charge in [-0.15, -0.1) is 0 Å². The summed E-state index contributed by atoms with van der Waals surface area (Å²) < 4.78 is 0. The number of fused-ring (bicyclic) bond motifs is 1. The van der Waals surface area contributed by atoms with Crippen molar-refractivity contribution in [2.45, 2.75) is 38.2 Å². The minimum atomic E-state index is -0.672. The number of hydrogen-bond donors (Lipinski definition) is 1. The zero-order valence-corrected chi connectivity index (χ0v) is 11.0. The van der Waals surface area contributed by atoms with Crippen molar-refractivity contribution in [3.05, 3.63) is 53.4 Å². The summed E-state index contributed by atoms with van der Waals surface area (Å²) in [5.41, 5.74) is 3.24. The largest absolute Gasteiger partial charge is 0.384 e. The molecule has 0 saturated carbocycles. The van der Waals surface area contributed by atoms with Crippen LogP contribution in [0.25, 0.3) is 0 Å². The Hall–Kier alpha value is -1.81. The molecule has 1 N–H and O–H groups in total. The van der Waals surface area contributed by atoms with Crippen LogP contribution in [0.1, 0.15) is 47.5 Å². The Kier molecular flexibility index (Phi) is 3.25. The van der Waals surface area contributed by atoms with Crippen LogP contribution in [0.4, 0.5) is 0 Å². The second-order valence-corrected chi connectivity index (χ2v) is 5.11. The summed E-state index contributed by atoms with van der Waals surface area (Å²) in [6, 6.07) is 4.05. The summed E-state index contributed by atoms with van der Waals surface area (Å²) in [6.07, 6.45) is 7.66. The van der Waals surface area contributed by atoms with Crippen molar-refractivity contribution >= 4 is 0 Å². The first-order valence-corrected chi connectivity index (χ1v) is 6.66. The van der Waals surface area contributed by atoms with E-state index in [-0.39, 0.29) is 5.92 Å². The van der Waals surface area contributed by atoms with Crippen LogP contribution in [0.3, 0.4) is 0 Å². The molecule has 0 saturated heterocycles. The van der Waals surface area contributed by atoms with Crippen molar-refractivity contribution < 1.29 is 5.11 Å². The monoisotopic (exact) mass is 255 g/mol. The summed E-state index contributed by atoms with van der Waals surface area (Å²) in [5, 5.41) is 10.5. The number of aromatic nitrogens is 3. The van der Waals surface area contributed by atoms with Crippen LogP contribution in [0.2, 0.25) is 0 Å². The Bertz CT molecular complexity index is 568. The number of hydrogen-bond acceptors (Lipinski definition) is 4. The Labute approximate surface area is 112 Å². The molecule has 0 aliphatic heterocycles. The maximum atomic E-state index is 10.5. The first-order chi connectivity index (χ1) is 9.25. The van der Waals surface area contributed by atoms with Crippen molar-refractivity contribution in [2.75, 3.05) is 0 Å². The van der Waals surface area contributed by atoms with Crippen LogP contribution >= 0.6 is 0 Å². The van der Waals surface area contributed by atoms with E-state index in [9.17, 15) is 5.11 Å². The van der Waals surface area contributed by atoms with Gasteiger partial charge in [-0.25, -0.2) is 9.97 Å². The Balaban J connectivity index is 1.92. The van der Waals surface area contributed by atoms with Gasteiger partial charge in [-0.1, -0.05) is 6.07 Å². The summed E-state index contributed by atoms with van der Waals surface area (Å²) >= 11 is 0. The molecule has 4 nitrogen and oxygen atoms in total. The van der Waals surface area contributed by atoms with Crippen LogP contribution in [0.15, 0.2) is 30.7 Å². The van der Waals surface area contributed by atoms with E-state index in [1.807, 2.05) is 13.0 Å². The fourth-order valence-corrected chi connectivity index (χ4v) is 2.69. The SMILES string of the molecule is Cc1cnc(C(O)C2CCCc3cccnc32)nc1. The zero-order valence-electron chi connectivity index (χ0n) is 11.0. The molecule has 0 bridgehead atoms. The molecule has 0 radical (unpaired) electrons. The average molecular weight is 255 g/mol. The van der Waals surface area contributed by atoms with Gasteiger partial charge in [0, 0.05) is 30.2 Å². The van der Waals surface area contributed by atoms with Gasteiger partial charge < -0.3 is 5.11 Å². The highest BCUT2D eigenvalue weighted by Gasteiger charge is 2.30. The number of nitrogens with zero attached hydrogens (tertiary/aromatic N) is 3. The highest BCUT2D eigenvalue weighted by Crippen LogP contribution is 2.37. The highest BCUT2D eigenvalue weighted by molar-refractivity contribution is 5.27. The van der Waals surface area contributed by atoms with Gasteiger partial charge in [0.05, 0.1) is 0 Å². The molecule has 4 heteroatoms. The molecule has 1 aliphatic rings. The van der Waals surface area contributed by atoms with Gasteiger partial charge in [0.25, 0.3) is 0 Å². The third-order valence-corrected chi connectivity index (χ3v) is 3.69. The molecule has 2 atom stereocenters. The zero-order chi connectivity index (χ0) is 13.2. The molecular weight excluding hydrogens is 238 g/mol. The summed E-state index contributed by atoms with van der Waals surface area (Å²) in [4.78, 5) is 12.9. The molecule has 19 heavy (non-hydrogen) atoms. The van der Waals surface area contributed by atoms with Crippen LogP contribution in [0, 0.1) is 6.92 Å². The normalized spacial score (nSPS) is 19.8. The van der Waals surface area contributed by atoms with E-state index in [1.165, 1.54) is 5.56 Å². The summed E-state index contributed by atoms with van der Waals surface area (Å²) in [7, 11) is 0. The van der Waals surface area contributed by atoms with E-state index >= 15 is 0 Å². The molecule has 0 fully saturated rings. The van der Waals surface area contributed by atoms with E-state index in [4.69, 9.17) is 0 Å². The molecule has 0 amide bonds. The van der Waals surface area contributed by atoms with E-state index < -0.39 is 6.10 Å². The van der Waals surface area contributed by atoms with Gasteiger partial charge in [-0.05, 0) is 43.4 Å². The van der Waals surface area contributed by atoms with E-state index in [0.717, 1.165) is 30.5 Å². The minimum absolute atomic E-state index is 0.00709. The smallest absolute Gasteiger partial charge is 0.157 e. The molecule has 2 unspecified atom stereocenters. The lowest BCUT2D eigenvalue weighted by Gasteiger charge is -2.27. The van der Waals surface area contributed by atoms with Gasteiger partial charge in [0.15, 0.2) is 5.82 Å². The molecule has 1 aliphatic carbocycles. The number of aliphatic hydroxyl groups excluding tert-OH is 1. The molecule has 3 rings (SSSR count). The average Bonchev–Trinajstić information content (AvgIpc) is 2.47. The van der Waals surface area contributed by atoms with Crippen LogP contribution in [-0.2, 0) is 6.42 Å². The highest BCUT2D eigenvalue weighted by atomic mass is 16.3. The maximum Gasteiger partial charge on any atom is 0.157 e. The van der Waals surface area contributed by atoms with Gasteiger partial charge in [0.2, 0.25) is 0 Å². The van der Waals surface area contributed by atoms with Gasteiger partial charge in [0.1, 0.15) is 6.10 Å². The van der Waals surface area contributed by atoms with E-state index in [0.29, 0.717) is 5.82 Å². The molecule has 2 aromatic rings. The summed E-state index contributed by atoms with van der Waals surface area (Å²) in [6.45, 7) is 1.94. The molecule has 2 aromatic heterocycles. The first kappa shape index (κ1) is 12.2. The molecular formula is C15H17N3O. The molecule has 98 valence electrons. The second-order valence-electron chi connectivity index (χ2n) is 5.11. The predicted octanol–water partition coefficient (Wildman–Crippen LogP) is 2.33. The number of pyridine rings is 1. The van der Waals surface area contributed by atoms with Crippen LogP contribution in [-0.4, -0.2) is 20.1 Å². The fraction of sp³-hybridized carbons (Fsp3) is 0.400. The van der Waals surface area contributed by atoms with Crippen molar-refractivity contribution in [3.63, 3.8) is 0 Å². The quantitative estimate of drug-likeness (QED) is 0.894. The number of aryl methyl sites for hydroxylation is 2. The lowest BCUT2D eigenvalue weighted by molar-refractivity contribution is 0.125. The molecule has 2 heterocycles. The molecule has 0 aromatic carbocycles. The lowest BCUT2D eigenvalue weighted by Crippen LogP contribution is -2.20. The molecule has 0 spiro atoms. The first-order valence-electron chi connectivity index (χ1n) is 6.66. The lowest BCUT2D eigenvalue weighted by atomic mass is 9.83. The van der Waals surface area contributed by atoms with E-state index in [2.05, 4.69) is 21.0 Å². The van der Waals surface area contributed by atoms with Gasteiger partial charge >= 0.3 is 0 Å². The standard InChI is InChI=1S/C15H17N3O/c1-10-8-17-15(18-9-10)14(19)12-6-2-4-11-5-3-7-16-13(11)12/h3,5,7-9,12,14,19H,2,4,6H2,1H3. The number of aliphatic hydroxyl groups is 1. The fourth-order valence-electron chi connectivity index (χ4n) is 2.69. The maximum absolute atomic E-state index is 10.5. The van der Waals surface area contributed by atoms with Crippen LogP contribution in [0.5, 0.6) is 0 Å². The van der Waals surface area contributed by atoms with Crippen LogP contribution < -0.4 is 0 Å². The number of rotatable bonds is 2. The topological polar surface area (TPSA) is 58.9 Å².